The number of rotatable bonds is 5. The number of ether oxygens (including phenoxy) is 1. The molecule has 3 aliphatic carbocycles. The van der Waals surface area contributed by atoms with Gasteiger partial charge in [0.25, 0.3) is 0 Å². The number of allylic oxidation sites excluding steroid dienone is 1. The van der Waals surface area contributed by atoms with Crippen LogP contribution in [0.2, 0.25) is 0 Å². The van der Waals surface area contributed by atoms with Crippen molar-refractivity contribution in [2.45, 2.75) is 70.0 Å². The van der Waals surface area contributed by atoms with Gasteiger partial charge in [0.15, 0.2) is 0 Å². The highest BCUT2D eigenvalue weighted by molar-refractivity contribution is 5.19. The van der Waals surface area contributed by atoms with E-state index < -0.39 is 0 Å². The van der Waals surface area contributed by atoms with Gasteiger partial charge in [-0.2, -0.15) is 5.90 Å². The second-order valence-corrected chi connectivity index (χ2v) is 6.55. The lowest BCUT2D eigenvalue weighted by molar-refractivity contribution is -0.0821. The highest BCUT2D eigenvalue weighted by atomic mass is 16.6. The van der Waals surface area contributed by atoms with Crippen molar-refractivity contribution >= 4 is 0 Å². The van der Waals surface area contributed by atoms with E-state index >= 15 is 0 Å². The van der Waals surface area contributed by atoms with Crippen LogP contribution in [0, 0.1) is 11.8 Å². The van der Waals surface area contributed by atoms with Gasteiger partial charge in [0, 0.05) is 0 Å². The minimum Gasteiger partial charge on any atom is -0.412 e. The van der Waals surface area contributed by atoms with E-state index in [2.05, 4.69) is 6.08 Å². The van der Waals surface area contributed by atoms with E-state index in [0.29, 0.717) is 6.10 Å². The summed E-state index contributed by atoms with van der Waals surface area (Å²) in [4.78, 5) is 4.76. The van der Waals surface area contributed by atoms with Crippen LogP contribution in [0.4, 0.5) is 0 Å². The third-order valence-electron chi connectivity index (χ3n) is 5.22. The van der Waals surface area contributed by atoms with Crippen LogP contribution in [0.5, 0.6) is 0 Å². The Bertz CT molecular complexity index is 367. The highest BCUT2D eigenvalue weighted by Crippen LogP contribution is 2.40. The van der Waals surface area contributed by atoms with Crippen molar-refractivity contribution in [1.82, 2.24) is 0 Å². The summed E-state index contributed by atoms with van der Waals surface area (Å²) < 4.78 is 6.50. The first kappa shape index (κ1) is 14.2. The zero-order valence-corrected chi connectivity index (χ0v) is 12.3. The van der Waals surface area contributed by atoms with Crippen molar-refractivity contribution in [3.63, 3.8) is 0 Å². The molecule has 0 heterocycles. The predicted molar refractivity (Wildman–Crippen MR) is 79.7 cm³/mol. The summed E-state index contributed by atoms with van der Waals surface area (Å²) in [7, 11) is 0. The number of hydrogen-bond acceptors (Lipinski definition) is 3. The second-order valence-electron chi connectivity index (χ2n) is 6.55. The molecule has 0 bridgehead atoms. The Kier molecular flexibility index (Phi) is 4.79. The van der Waals surface area contributed by atoms with Crippen molar-refractivity contribution in [2.75, 3.05) is 0 Å². The summed E-state index contributed by atoms with van der Waals surface area (Å²) in [6, 6.07) is 0. The Morgan fingerprint density at radius 1 is 1.00 bits per heavy atom. The van der Waals surface area contributed by atoms with Gasteiger partial charge in [-0.25, -0.2) is 0 Å². The monoisotopic (exact) mass is 277 g/mol. The van der Waals surface area contributed by atoms with Crippen LogP contribution < -0.4 is 5.90 Å². The number of nitrogens with two attached hydrogens (primary N) is 1. The Hall–Kier alpha value is -0.800. The molecule has 0 aromatic rings. The van der Waals surface area contributed by atoms with Crippen LogP contribution in [-0.2, 0) is 9.57 Å². The Balaban J connectivity index is 1.59. The van der Waals surface area contributed by atoms with Gasteiger partial charge in [0.05, 0.1) is 12.2 Å². The molecule has 0 aromatic heterocycles. The van der Waals surface area contributed by atoms with E-state index in [1.807, 2.05) is 12.2 Å². The zero-order valence-electron chi connectivity index (χ0n) is 12.3. The average molecular weight is 277 g/mol. The lowest BCUT2D eigenvalue weighted by Gasteiger charge is -2.41. The van der Waals surface area contributed by atoms with E-state index in [4.69, 9.17) is 15.5 Å². The third kappa shape index (κ3) is 3.26. The van der Waals surface area contributed by atoms with E-state index in [1.165, 1.54) is 51.4 Å². The molecule has 3 aliphatic rings. The van der Waals surface area contributed by atoms with Gasteiger partial charge in [-0.15, -0.1) is 0 Å². The summed E-state index contributed by atoms with van der Waals surface area (Å²) >= 11 is 0. The van der Waals surface area contributed by atoms with E-state index in [-0.39, 0.29) is 6.10 Å². The first-order valence-electron chi connectivity index (χ1n) is 8.27. The van der Waals surface area contributed by atoms with Crippen LogP contribution in [-0.4, -0.2) is 12.2 Å². The Morgan fingerprint density at radius 2 is 1.70 bits per heavy atom. The van der Waals surface area contributed by atoms with Crippen molar-refractivity contribution in [3.8, 4) is 0 Å². The molecule has 3 nitrogen and oxygen atoms in total. The van der Waals surface area contributed by atoms with Crippen molar-refractivity contribution < 1.29 is 9.57 Å². The topological polar surface area (TPSA) is 44.5 Å². The fourth-order valence-electron chi connectivity index (χ4n) is 3.81. The van der Waals surface area contributed by atoms with Crippen LogP contribution in [0.1, 0.15) is 57.8 Å². The smallest absolute Gasteiger partial charge is 0.142 e. The predicted octanol–water partition coefficient (Wildman–Crippen LogP) is 3.85. The van der Waals surface area contributed by atoms with Crippen molar-refractivity contribution in [3.05, 3.63) is 24.0 Å². The van der Waals surface area contributed by atoms with Gasteiger partial charge >= 0.3 is 0 Å². The summed E-state index contributed by atoms with van der Waals surface area (Å²) in [6.07, 6.45) is 18.7. The van der Waals surface area contributed by atoms with Gasteiger partial charge in [-0.05, 0) is 56.1 Å². The zero-order chi connectivity index (χ0) is 13.8. The van der Waals surface area contributed by atoms with Gasteiger partial charge in [-0.1, -0.05) is 31.8 Å². The summed E-state index contributed by atoms with van der Waals surface area (Å²) in [5.74, 6) is 7.54. The fraction of sp³-hybridized carbons (Fsp3) is 0.765. The second kappa shape index (κ2) is 6.77. The summed E-state index contributed by atoms with van der Waals surface area (Å²) in [5.41, 5.74) is 0. The molecular formula is C17H27NO2. The molecule has 2 saturated carbocycles. The third-order valence-corrected chi connectivity index (χ3v) is 5.22. The molecule has 0 aliphatic heterocycles. The van der Waals surface area contributed by atoms with Crippen LogP contribution in [0.25, 0.3) is 0 Å². The van der Waals surface area contributed by atoms with E-state index in [9.17, 15) is 0 Å². The first-order chi connectivity index (χ1) is 9.86. The molecule has 3 heteroatoms. The molecule has 0 spiro atoms. The van der Waals surface area contributed by atoms with E-state index in [0.717, 1.165) is 24.0 Å². The van der Waals surface area contributed by atoms with Crippen LogP contribution >= 0.6 is 0 Å². The molecule has 0 aromatic carbocycles. The number of hydrogen-bond donors (Lipinski definition) is 1. The largest absolute Gasteiger partial charge is 0.412 e. The molecule has 0 radical (unpaired) electrons. The lowest BCUT2D eigenvalue weighted by atomic mass is 9.72. The average Bonchev–Trinajstić information content (AvgIpc) is 2.46. The maximum absolute atomic E-state index is 6.50. The SMILES string of the molecule is NOC1=CCC(OC(C2CCCCC2)C2CCC2)C=C1. The maximum atomic E-state index is 6.50. The normalized spacial score (nSPS) is 29.6. The minimum absolute atomic E-state index is 0.210. The Morgan fingerprint density at radius 3 is 2.20 bits per heavy atom. The quantitative estimate of drug-likeness (QED) is 0.776. The highest BCUT2D eigenvalue weighted by Gasteiger charge is 2.35. The molecule has 0 amide bonds. The molecule has 2 fully saturated rings. The van der Waals surface area contributed by atoms with Gasteiger partial charge < -0.3 is 9.57 Å². The van der Waals surface area contributed by atoms with Crippen molar-refractivity contribution in [1.29, 1.82) is 0 Å². The van der Waals surface area contributed by atoms with Crippen LogP contribution in [0.3, 0.4) is 0 Å². The van der Waals surface area contributed by atoms with Gasteiger partial charge in [0.1, 0.15) is 5.76 Å². The molecule has 2 N–H and O–H groups in total. The van der Waals surface area contributed by atoms with E-state index in [1.54, 1.807) is 0 Å². The van der Waals surface area contributed by atoms with Crippen LogP contribution in [0.15, 0.2) is 24.0 Å². The molecule has 3 rings (SSSR count). The summed E-state index contributed by atoms with van der Waals surface area (Å²) in [5, 5.41) is 0. The van der Waals surface area contributed by atoms with Crippen molar-refractivity contribution in [2.24, 2.45) is 17.7 Å². The Labute approximate surface area is 122 Å². The fourth-order valence-corrected chi connectivity index (χ4v) is 3.81. The molecular weight excluding hydrogens is 250 g/mol. The molecule has 0 saturated heterocycles. The standard InChI is InChI=1S/C17H27NO2/c18-20-16-11-9-15(10-12-16)19-17(14-7-4-8-14)13-5-2-1-3-6-13/h9,11-15,17H,1-8,10,18H2. The van der Waals surface area contributed by atoms with Gasteiger partial charge in [0.2, 0.25) is 0 Å². The summed E-state index contributed by atoms with van der Waals surface area (Å²) in [6.45, 7) is 0. The molecule has 20 heavy (non-hydrogen) atoms. The molecule has 112 valence electrons. The maximum Gasteiger partial charge on any atom is 0.142 e. The van der Waals surface area contributed by atoms with Gasteiger partial charge in [-0.3, -0.25) is 0 Å². The lowest BCUT2D eigenvalue weighted by Crippen LogP contribution is -2.39. The molecule has 2 atom stereocenters. The minimum atomic E-state index is 0.210. The molecule has 2 unspecified atom stereocenters. The first-order valence-corrected chi connectivity index (χ1v) is 8.27.